The number of methoxy groups -OCH3 is 2. The second-order valence-corrected chi connectivity index (χ2v) is 9.65. The Hall–Kier alpha value is -3.53. The second-order valence-electron chi connectivity index (χ2n) is 8.80. The molecular weight excluding hydrogens is 522 g/mol. The zero-order valence-electron chi connectivity index (χ0n) is 18.7. The van der Waals surface area contributed by atoms with E-state index in [0.717, 1.165) is 7.11 Å². The molecule has 1 N–H and O–H groups in total. The van der Waals surface area contributed by atoms with Gasteiger partial charge in [0.25, 0.3) is 0 Å². The summed E-state index contributed by atoms with van der Waals surface area (Å²) in [4.78, 5) is 65.2. The van der Waals surface area contributed by atoms with Crippen LogP contribution in [0.15, 0.2) is 51.6 Å². The van der Waals surface area contributed by atoms with Crippen molar-refractivity contribution in [1.82, 2.24) is 4.90 Å². The Morgan fingerprint density at radius 1 is 1.11 bits per heavy atom. The van der Waals surface area contributed by atoms with Crippen LogP contribution in [-0.2, 0) is 23.9 Å². The predicted molar refractivity (Wildman–Crippen MR) is 123 cm³/mol. The Labute approximate surface area is 208 Å². The zero-order chi connectivity index (χ0) is 25.2. The number of likely N-dealkylation sites (tertiary alicyclic amines) is 1. The predicted octanol–water partition coefficient (Wildman–Crippen LogP) is 2.93. The molecule has 1 saturated heterocycles. The van der Waals surface area contributed by atoms with Crippen molar-refractivity contribution in [1.29, 1.82) is 0 Å². The number of fused-ring (bicyclic) bond motifs is 3. The summed E-state index contributed by atoms with van der Waals surface area (Å²) in [5, 5.41) is 10.8. The smallest absolute Gasteiger partial charge is 0.423 e. The van der Waals surface area contributed by atoms with Crippen molar-refractivity contribution in [2.45, 2.75) is 18.8 Å². The van der Waals surface area contributed by atoms with E-state index in [1.54, 1.807) is 18.2 Å². The number of carbonyl (C=O) groups excluding carboxylic acids is 5. The van der Waals surface area contributed by atoms with Crippen LogP contribution in [-0.4, -0.2) is 53.7 Å². The summed E-state index contributed by atoms with van der Waals surface area (Å²) in [5.74, 6) is -4.93. The molecule has 9 nitrogen and oxygen atoms in total. The fourth-order valence-electron chi connectivity index (χ4n) is 5.73. The van der Waals surface area contributed by atoms with Crippen molar-refractivity contribution in [2.75, 3.05) is 14.2 Å². The third-order valence-electron chi connectivity index (χ3n) is 7.24. The summed E-state index contributed by atoms with van der Waals surface area (Å²) < 4.78 is 9.91. The average Bonchev–Trinajstić information content (AvgIpc) is 3.10. The van der Waals surface area contributed by atoms with Crippen LogP contribution in [0.1, 0.15) is 24.3 Å². The number of imide groups is 3. The fourth-order valence-corrected chi connectivity index (χ4v) is 6.18. The molecule has 3 aliphatic carbocycles. The Morgan fingerprint density at radius 3 is 2.51 bits per heavy atom. The van der Waals surface area contributed by atoms with Gasteiger partial charge in [0.05, 0.1) is 30.5 Å². The van der Waals surface area contributed by atoms with Crippen molar-refractivity contribution >= 4 is 45.4 Å². The molecule has 10 heteroatoms. The van der Waals surface area contributed by atoms with Crippen molar-refractivity contribution in [2.24, 2.45) is 17.8 Å². The van der Waals surface area contributed by atoms with Gasteiger partial charge in [0.1, 0.15) is 11.5 Å². The molecule has 1 aromatic carbocycles. The monoisotopic (exact) mass is 541 g/mol. The molecule has 1 aliphatic heterocycles. The molecule has 4 atom stereocenters. The van der Waals surface area contributed by atoms with Gasteiger partial charge in [-0.3, -0.25) is 19.2 Å². The number of halogens is 1. The summed E-state index contributed by atoms with van der Waals surface area (Å²) in [6.45, 7) is 0. The third-order valence-corrected chi connectivity index (χ3v) is 7.83. The van der Waals surface area contributed by atoms with E-state index < -0.39 is 41.6 Å². The van der Waals surface area contributed by atoms with Crippen molar-refractivity contribution in [3.63, 3.8) is 0 Å². The molecule has 0 bridgehead atoms. The van der Waals surface area contributed by atoms with Crippen LogP contribution in [0, 0.1) is 17.8 Å². The maximum Gasteiger partial charge on any atom is 0.423 e. The molecule has 4 aliphatic rings. The number of nitrogens with zero attached hydrogens (tertiary/aromatic N) is 1. The molecule has 5 rings (SSSR count). The minimum absolute atomic E-state index is 0.0529. The first-order valence-corrected chi connectivity index (χ1v) is 11.7. The van der Waals surface area contributed by atoms with E-state index >= 15 is 0 Å². The van der Waals surface area contributed by atoms with E-state index in [1.165, 1.54) is 19.3 Å². The lowest BCUT2D eigenvalue weighted by Gasteiger charge is -2.42. The molecule has 3 amide bonds. The Bertz CT molecular complexity index is 1320. The number of amides is 3. The van der Waals surface area contributed by atoms with Crippen molar-refractivity contribution in [3.8, 4) is 11.5 Å². The van der Waals surface area contributed by atoms with Gasteiger partial charge in [-0.15, -0.1) is 0 Å². The highest BCUT2D eigenvalue weighted by atomic mass is 79.9. The maximum atomic E-state index is 13.3. The third kappa shape index (κ3) is 3.30. The number of aromatic hydroxyl groups is 1. The lowest BCUT2D eigenvalue weighted by Crippen LogP contribution is -2.40. The number of ether oxygens (including phenoxy) is 2. The highest BCUT2D eigenvalue weighted by Crippen LogP contribution is 2.56. The fraction of sp³-hybridized carbons (Fsp3) is 0.320. The van der Waals surface area contributed by atoms with Gasteiger partial charge in [0.15, 0.2) is 11.6 Å². The number of phenolic OH excluding ortho intramolecular Hbond substituents is 1. The SMILES string of the molecule is COC(=O)N1C(=O)[C@H]2[C@H](CC=C3[C@H](c4ccc(OC)cc4O)C4=C(C[C@H]32)C(=O)C(Br)=CC4=O)C1=O. The highest BCUT2D eigenvalue weighted by Gasteiger charge is 2.58. The highest BCUT2D eigenvalue weighted by molar-refractivity contribution is 9.12. The first kappa shape index (κ1) is 23.2. The number of Topliss-reactive ketones (excluding diaryl/α,β-unsaturated/α-hetero) is 1. The molecule has 1 aromatic rings. The first-order valence-electron chi connectivity index (χ1n) is 10.9. The Balaban J connectivity index is 1.69. The zero-order valence-corrected chi connectivity index (χ0v) is 20.3. The van der Waals surface area contributed by atoms with Crippen LogP contribution in [0.5, 0.6) is 11.5 Å². The standard InChI is InChI=1S/C25H20BrNO8/c1-34-10-3-4-12(17(28)7-10)19-11-5-6-13-20(24(32)27(23(13)31)25(33)35-2)14(11)8-15-21(19)18(29)9-16(26)22(15)30/h3-5,7,9,13-14,19-20,28H,6,8H2,1-2H3/t13-,14+,19+,20-/m0/s1. The largest absolute Gasteiger partial charge is 0.507 e. The molecule has 0 unspecified atom stereocenters. The van der Waals surface area contributed by atoms with Gasteiger partial charge in [-0.2, -0.15) is 4.90 Å². The molecule has 0 radical (unpaired) electrons. The minimum atomic E-state index is -1.05. The summed E-state index contributed by atoms with van der Waals surface area (Å²) >= 11 is 3.15. The van der Waals surface area contributed by atoms with Gasteiger partial charge in [-0.1, -0.05) is 17.7 Å². The van der Waals surface area contributed by atoms with Gasteiger partial charge in [-0.25, -0.2) is 4.79 Å². The van der Waals surface area contributed by atoms with Gasteiger partial charge in [0, 0.05) is 34.8 Å². The number of carbonyl (C=O) groups is 5. The van der Waals surface area contributed by atoms with Crippen LogP contribution in [0.3, 0.4) is 0 Å². The summed E-state index contributed by atoms with van der Waals surface area (Å²) in [5.41, 5.74) is 1.50. The van der Waals surface area contributed by atoms with E-state index in [-0.39, 0.29) is 45.8 Å². The Kier molecular flexibility index (Phi) is 5.51. The molecular formula is C25H20BrNO8. The summed E-state index contributed by atoms with van der Waals surface area (Å²) in [6, 6.07) is 4.66. The number of rotatable bonds is 2. The van der Waals surface area contributed by atoms with Gasteiger partial charge < -0.3 is 14.6 Å². The first-order chi connectivity index (χ1) is 16.7. The topological polar surface area (TPSA) is 127 Å². The normalized spacial score (nSPS) is 27.7. The summed E-state index contributed by atoms with van der Waals surface area (Å²) in [7, 11) is 2.54. The number of phenols is 1. The van der Waals surface area contributed by atoms with Crippen LogP contribution in [0.25, 0.3) is 0 Å². The van der Waals surface area contributed by atoms with Gasteiger partial charge in [-0.05, 0) is 40.8 Å². The number of ketones is 2. The Morgan fingerprint density at radius 2 is 1.86 bits per heavy atom. The van der Waals surface area contributed by atoms with Crippen LogP contribution in [0.4, 0.5) is 4.79 Å². The van der Waals surface area contributed by atoms with Gasteiger partial charge in [0.2, 0.25) is 11.8 Å². The average molecular weight is 542 g/mol. The molecule has 1 heterocycles. The number of benzene rings is 1. The lowest BCUT2D eigenvalue weighted by atomic mass is 9.59. The van der Waals surface area contributed by atoms with Crippen molar-refractivity contribution < 1.29 is 38.6 Å². The van der Waals surface area contributed by atoms with Crippen LogP contribution < -0.4 is 4.74 Å². The number of hydrogen-bond acceptors (Lipinski definition) is 8. The van der Waals surface area contributed by atoms with Crippen molar-refractivity contribution in [3.05, 3.63) is 57.1 Å². The van der Waals surface area contributed by atoms with Gasteiger partial charge >= 0.3 is 6.09 Å². The van der Waals surface area contributed by atoms with Crippen LogP contribution in [0.2, 0.25) is 0 Å². The maximum absolute atomic E-state index is 13.3. The molecule has 1 fully saturated rings. The molecule has 180 valence electrons. The minimum Gasteiger partial charge on any atom is -0.507 e. The van der Waals surface area contributed by atoms with E-state index in [4.69, 9.17) is 4.74 Å². The molecule has 0 aromatic heterocycles. The second kappa shape index (κ2) is 8.30. The number of allylic oxidation sites excluding steroid dienone is 6. The van der Waals surface area contributed by atoms with Crippen LogP contribution >= 0.6 is 15.9 Å². The summed E-state index contributed by atoms with van der Waals surface area (Å²) in [6.07, 6.45) is 2.18. The molecule has 0 spiro atoms. The van der Waals surface area contributed by atoms with E-state index in [1.807, 2.05) is 0 Å². The lowest BCUT2D eigenvalue weighted by molar-refractivity contribution is -0.137. The van der Waals surface area contributed by atoms with E-state index in [0.29, 0.717) is 21.8 Å². The van der Waals surface area contributed by atoms with E-state index in [9.17, 15) is 29.1 Å². The molecule has 35 heavy (non-hydrogen) atoms. The quantitative estimate of drug-likeness (QED) is 0.344. The number of hydrogen-bond donors (Lipinski definition) is 1. The van der Waals surface area contributed by atoms with E-state index in [2.05, 4.69) is 20.7 Å². The molecule has 0 saturated carbocycles.